The van der Waals surface area contributed by atoms with Crippen LogP contribution in [0.1, 0.15) is 0 Å². The fourth-order valence-electron chi connectivity index (χ4n) is 4.74. The summed E-state index contributed by atoms with van der Waals surface area (Å²) in [5, 5.41) is 1.23. The molecule has 1 unspecified atom stereocenters. The summed E-state index contributed by atoms with van der Waals surface area (Å²) in [5.41, 5.74) is 14.7. The van der Waals surface area contributed by atoms with Gasteiger partial charge in [-0.1, -0.05) is 60.7 Å². The van der Waals surface area contributed by atoms with E-state index in [2.05, 4.69) is 9.97 Å². The van der Waals surface area contributed by atoms with Crippen molar-refractivity contribution in [3.05, 3.63) is 109 Å². The van der Waals surface area contributed by atoms with E-state index in [9.17, 15) is 21.4 Å². The number of hydrogen-bond acceptors (Lipinski definition) is 7. The minimum atomic E-state index is -3.42. The van der Waals surface area contributed by atoms with Gasteiger partial charge in [0.05, 0.1) is 15.7 Å². The van der Waals surface area contributed by atoms with Crippen LogP contribution in [0.3, 0.4) is 0 Å². The van der Waals surface area contributed by atoms with Crippen molar-refractivity contribution >= 4 is 54.1 Å². The van der Waals surface area contributed by atoms with E-state index in [1.54, 1.807) is 66.9 Å². The molecular weight excluding hydrogens is 591 g/mol. The Morgan fingerprint density at radius 3 is 1.63 bits per heavy atom. The average molecular weight is 617 g/mol. The number of pyridine rings is 2. The van der Waals surface area contributed by atoms with Crippen molar-refractivity contribution in [2.75, 3.05) is 24.0 Å². The summed E-state index contributed by atoms with van der Waals surface area (Å²) in [4.78, 5) is 9.09. The molecule has 2 aromatic heterocycles. The summed E-state index contributed by atoms with van der Waals surface area (Å²) >= 11 is 0. The van der Waals surface area contributed by atoms with E-state index in [0.29, 0.717) is 32.4 Å². The number of nitrogen functional groups attached to an aromatic ring is 2. The Labute approximate surface area is 249 Å². The maximum absolute atomic E-state index is 13.8. The zero-order valence-electron chi connectivity index (χ0n) is 23.1. The van der Waals surface area contributed by atoms with Gasteiger partial charge in [0.2, 0.25) is 0 Å². The van der Waals surface area contributed by atoms with Crippen molar-refractivity contribution in [1.82, 2.24) is 9.97 Å². The number of fused-ring (bicyclic) bond motifs is 2. The largest absolute Gasteiger partial charge is 0.383 e. The molecule has 0 aliphatic heterocycles. The Hall–Kier alpha value is -4.74. The second-order valence-corrected chi connectivity index (χ2v) is 13.0. The van der Waals surface area contributed by atoms with Crippen LogP contribution in [0.4, 0.5) is 20.4 Å². The molecule has 0 bridgehead atoms. The number of benzene rings is 4. The first-order chi connectivity index (χ1) is 20.5. The van der Waals surface area contributed by atoms with Gasteiger partial charge in [-0.25, -0.2) is 27.2 Å². The van der Waals surface area contributed by atoms with Crippen molar-refractivity contribution in [2.45, 2.75) is 9.79 Å². The molecule has 0 radical (unpaired) electrons. The van der Waals surface area contributed by atoms with E-state index in [1.165, 1.54) is 18.2 Å². The Kier molecular flexibility index (Phi) is 8.21. The van der Waals surface area contributed by atoms with Crippen LogP contribution in [0.15, 0.2) is 107 Å². The maximum atomic E-state index is 13.8. The van der Waals surface area contributed by atoms with Crippen LogP contribution in [-0.2, 0) is 20.6 Å². The van der Waals surface area contributed by atoms with Crippen molar-refractivity contribution < 1.29 is 21.4 Å². The summed E-state index contributed by atoms with van der Waals surface area (Å²) in [7, 11) is -4.56. The summed E-state index contributed by atoms with van der Waals surface area (Å²) < 4.78 is 63.2. The molecule has 4 aromatic carbocycles. The molecule has 0 fully saturated rings. The topological polar surface area (TPSA) is 129 Å². The third-order valence-corrected chi connectivity index (χ3v) is 8.85. The SMILES string of the molecule is CS(=O)(=O)c1ccccc1-c1cc2cccc(F)c2nc1N.CS(=O)c1ccccc1-c1cc2cccc(F)c2nc1N. The number of aromatic nitrogens is 2. The highest BCUT2D eigenvalue weighted by atomic mass is 32.2. The number of nitrogens with two attached hydrogens (primary N) is 2. The molecule has 0 saturated heterocycles. The predicted octanol–water partition coefficient (Wildman–Crippen LogP) is 6.39. The molecule has 218 valence electrons. The summed E-state index contributed by atoms with van der Waals surface area (Å²) in [6.07, 6.45) is 2.75. The molecule has 0 saturated carbocycles. The minimum Gasteiger partial charge on any atom is -0.383 e. The molecule has 7 nitrogen and oxygen atoms in total. The van der Waals surface area contributed by atoms with Gasteiger partial charge >= 0.3 is 0 Å². The molecule has 2 heterocycles. The van der Waals surface area contributed by atoms with E-state index >= 15 is 0 Å². The third-order valence-electron chi connectivity index (χ3n) is 6.72. The van der Waals surface area contributed by atoms with Gasteiger partial charge in [0.1, 0.15) is 34.3 Å². The van der Waals surface area contributed by atoms with Crippen LogP contribution < -0.4 is 11.5 Å². The predicted molar refractivity (Wildman–Crippen MR) is 169 cm³/mol. The van der Waals surface area contributed by atoms with Gasteiger partial charge in [-0.3, -0.25) is 4.21 Å². The van der Waals surface area contributed by atoms with Gasteiger partial charge in [0, 0.05) is 50.4 Å². The first kappa shape index (κ1) is 29.7. The fraction of sp³-hybridized carbons (Fsp3) is 0.0625. The van der Waals surface area contributed by atoms with Crippen LogP contribution in [0.2, 0.25) is 0 Å². The van der Waals surface area contributed by atoms with Crippen LogP contribution >= 0.6 is 0 Å². The van der Waals surface area contributed by atoms with E-state index in [1.807, 2.05) is 18.2 Å². The smallest absolute Gasteiger partial charge is 0.176 e. The number of sulfone groups is 1. The molecule has 43 heavy (non-hydrogen) atoms. The van der Waals surface area contributed by atoms with Crippen LogP contribution in [0.5, 0.6) is 0 Å². The first-order valence-corrected chi connectivity index (χ1v) is 16.3. The Balaban J connectivity index is 0.000000171. The average Bonchev–Trinajstić information content (AvgIpc) is 2.97. The fourth-order valence-corrected chi connectivity index (χ4v) is 6.40. The molecule has 0 amide bonds. The number of anilines is 2. The Morgan fingerprint density at radius 1 is 0.651 bits per heavy atom. The van der Waals surface area contributed by atoms with Crippen LogP contribution in [0, 0.1) is 11.6 Å². The number of hydrogen-bond donors (Lipinski definition) is 2. The summed E-state index contributed by atoms with van der Waals surface area (Å²) in [5.74, 6) is -0.551. The number of rotatable bonds is 4. The number of halogens is 2. The zero-order chi connectivity index (χ0) is 30.9. The maximum Gasteiger partial charge on any atom is 0.176 e. The van der Waals surface area contributed by atoms with Gasteiger partial charge in [-0.15, -0.1) is 0 Å². The molecule has 1 atom stereocenters. The number of nitrogens with zero attached hydrogens (tertiary/aromatic N) is 2. The van der Waals surface area contributed by atoms with Crippen LogP contribution in [0.25, 0.3) is 44.1 Å². The Bertz CT molecular complexity index is 2160. The van der Waals surface area contributed by atoms with E-state index in [-0.39, 0.29) is 27.6 Å². The summed E-state index contributed by atoms with van der Waals surface area (Å²) in [6, 6.07) is 26.6. The molecular formula is C32H26F2N4O3S2. The highest BCUT2D eigenvalue weighted by Crippen LogP contribution is 2.34. The van der Waals surface area contributed by atoms with E-state index < -0.39 is 32.3 Å². The third kappa shape index (κ3) is 6.08. The minimum absolute atomic E-state index is 0.0914. The molecule has 4 N–H and O–H groups in total. The van der Waals surface area contributed by atoms with Crippen molar-refractivity contribution in [3.63, 3.8) is 0 Å². The number of para-hydroxylation sites is 2. The lowest BCUT2D eigenvalue weighted by atomic mass is 10.0. The molecule has 6 rings (SSSR count). The molecule has 6 aromatic rings. The quantitative estimate of drug-likeness (QED) is 0.235. The van der Waals surface area contributed by atoms with Crippen molar-refractivity contribution in [2.24, 2.45) is 0 Å². The van der Waals surface area contributed by atoms with E-state index in [4.69, 9.17) is 11.5 Å². The molecule has 0 aliphatic rings. The monoisotopic (exact) mass is 616 g/mol. The van der Waals surface area contributed by atoms with Gasteiger partial charge in [0.15, 0.2) is 9.84 Å². The van der Waals surface area contributed by atoms with Gasteiger partial charge < -0.3 is 11.5 Å². The second-order valence-electron chi connectivity index (χ2n) is 9.68. The summed E-state index contributed by atoms with van der Waals surface area (Å²) in [6.45, 7) is 0. The highest BCUT2D eigenvalue weighted by molar-refractivity contribution is 7.90. The van der Waals surface area contributed by atoms with Crippen LogP contribution in [-0.4, -0.2) is 35.1 Å². The lowest BCUT2D eigenvalue weighted by molar-refractivity contribution is 0.602. The second kappa shape index (κ2) is 11.9. The zero-order valence-corrected chi connectivity index (χ0v) is 24.7. The molecule has 0 spiro atoms. The normalized spacial score (nSPS) is 12.1. The highest BCUT2D eigenvalue weighted by Gasteiger charge is 2.18. The van der Waals surface area contributed by atoms with E-state index in [0.717, 1.165) is 11.8 Å². The van der Waals surface area contributed by atoms with Gasteiger partial charge in [0.25, 0.3) is 0 Å². The van der Waals surface area contributed by atoms with Gasteiger partial charge in [-0.2, -0.15) is 0 Å². The lowest BCUT2D eigenvalue weighted by Gasteiger charge is -2.11. The van der Waals surface area contributed by atoms with Crippen molar-refractivity contribution in [3.8, 4) is 22.3 Å². The van der Waals surface area contributed by atoms with Crippen molar-refractivity contribution in [1.29, 1.82) is 0 Å². The molecule has 0 aliphatic carbocycles. The lowest BCUT2D eigenvalue weighted by Crippen LogP contribution is -2.02. The standard InChI is InChI=1S/C16H13FN2O2S.C16H13FN2OS/c1-22(20,21)14-8-3-2-6-11(14)12-9-10-5-4-7-13(17)15(10)19-16(12)18;1-21(20)14-8-3-2-6-11(14)12-9-10-5-4-7-13(17)15(10)19-16(12)18/h2-9H,1H3,(H2,18,19);2-9H,1H3,(H2,18,19). The first-order valence-electron chi connectivity index (χ1n) is 12.9. The Morgan fingerprint density at radius 2 is 1.12 bits per heavy atom. The molecule has 11 heteroatoms. The van der Waals surface area contributed by atoms with Gasteiger partial charge in [-0.05, 0) is 36.4 Å².